The predicted octanol–water partition coefficient (Wildman–Crippen LogP) is 1.94. The molecule has 5 rings (SSSR count). The summed E-state index contributed by atoms with van der Waals surface area (Å²) in [6.07, 6.45) is 0.859. The van der Waals surface area contributed by atoms with E-state index in [0.29, 0.717) is 39.5 Å². The smallest absolute Gasteiger partial charge is 0.253 e. The molecule has 2 saturated heterocycles. The molecule has 7 nitrogen and oxygen atoms in total. The fraction of sp³-hybridized carbons (Fsp3) is 0.500. The van der Waals surface area contributed by atoms with Gasteiger partial charge in [-0.1, -0.05) is 18.2 Å². The van der Waals surface area contributed by atoms with Crippen LogP contribution in [0.4, 0.5) is 5.95 Å². The van der Waals surface area contributed by atoms with E-state index in [-0.39, 0.29) is 11.3 Å². The lowest BCUT2D eigenvalue weighted by atomic mass is 9.80. The van der Waals surface area contributed by atoms with Gasteiger partial charge in [0.1, 0.15) is 0 Å². The topological polar surface area (TPSA) is 67.8 Å². The molecule has 1 aromatic heterocycles. The van der Waals surface area contributed by atoms with Gasteiger partial charge in [0.15, 0.2) is 0 Å². The van der Waals surface area contributed by atoms with Crippen LogP contribution in [0.3, 0.4) is 0 Å². The zero-order valence-corrected chi connectivity index (χ0v) is 16.8. The van der Waals surface area contributed by atoms with Crippen LogP contribution in [0.5, 0.6) is 0 Å². The van der Waals surface area contributed by atoms with Crippen LogP contribution in [0.2, 0.25) is 0 Å². The molecule has 1 amide bonds. The van der Waals surface area contributed by atoms with Gasteiger partial charge in [0.25, 0.3) is 5.91 Å². The lowest BCUT2D eigenvalue weighted by Crippen LogP contribution is -2.43. The van der Waals surface area contributed by atoms with Gasteiger partial charge >= 0.3 is 0 Å². The predicted molar refractivity (Wildman–Crippen MR) is 108 cm³/mol. The van der Waals surface area contributed by atoms with Crippen molar-refractivity contribution >= 4 is 11.9 Å². The largest absolute Gasteiger partial charge is 0.378 e. The van der Waals surface area contributed by atoms with Crippen molar-refractivity contribution in [2.75, 3.05) is 50.9 Å². The number of amides is 1. The minimum absolute atomic E-state index is 0.0776. The summed E-state index contributed by atoms with van der Waals surface area (Å²) in [5, 5.41) is 0. The van der Waals surface area contributed by atoms with Gasteiger partial charge in [-0.15, -0.1) is 0 Å². The van der Waals surface area contributed by atoms with Crippen molar-refractivity contribution in [3.05, 3.63) is 52.8 Å². The fourth-order valence-electron chi connectivity index (χ4n) is 4.63. The minimum atomic E-state index is -0.257. The summed E-state index contributed by atoms with van der Waals surface area (Å²) < 4.78 is 11.5. The molecule has 3 aliphatic heterocycles. The fourth-order valence-corrected chi connectivity index (χ4v) is 4.63. The molecule has 7 heteroatoms. The molecule has 3 aliphatic rings. The average molecular weight is 394 g/mol. The molecule has 1 atom stereocenters. The Morgan fingerprint density at radius 1 is 1.07 bits per heavy atom. The van der Waals surface area contributed by atoms with Crippen LogP contribution in [0, 0.1) is 6.92 Å². The van der Waals surface area contributed by atoms with E-state index in [0.717, 1.165) is 48.0 Å². The molecule has 152 valence electrons. The Balaban J connectivity index is 1.47. The number of likely N-dealkylation sites (tertiary alicyclic amines) is 1. The maximum atomic E-state index is 13.0. The molecule has 1 unspecified atom stereocenters. The third kappa shape index (κ3) is 3.28. The lowest BCUT2D eigenvalue weighted by Gasteiger charge is -2.36. The van der Waals surface area contributed by atoms with Crippen LogP contribution in [0.15, 0.2) is 30.3 Å². The zero-order chi connectivity index (χ0) is 19.8. The Bertz CT molecular complexity index is 914. The van der Waals surface area contributed by atoms with Gasteiger partial charge in [-0.25, -0.2) is 9.97 Å². The van der Waals surface area contributed by atoms with Crippen molar-refractivity contribution in [1.82, 2.24) is 14.9 Å². The average Bonchev–Trinajstić information content (AvgIpc) is 3.20. The maximum absolute atomic E-state index is 13.0. The van der Waals surface area contributed by atoms with Crippen LogP contribution in [-0.4, -0.2) is 66.8 Å². The number of hydrogen-bond acceptors (Lipinski definition) is 6. The summed E-state index contributed by atoms with van der Waals surface area (Å²) in [4.78, 5) is 26.9. The van der Waals surface area contributed by atoms with Crippen molar-refractivity contribution in [3.8, 4) is 0 Å². The molecule has 29 heavy (non-hydrogen) atoms. The van der Waals surface area contributed by atoms with Gasteiger partial charge in [0.05, 0.1) is 37.5 Å². The van der Waals surface area contributed by atoms with E-state index in [9.17, 15) is 4.79 Å². The molecule has 0 radical (unpaired) electrons. The number of rotatable bonds is 2. The van der Waals surface area contributed by atoms with Crippen molar-refractivity contribution < 1.29 is 14.3 Å². The van der Waals surface area contributed by atoms with Crippen LogP contribution >= 0.6 is 0 Å². The van der Waals surface area contributed by atoms with Gasteiger partial charge in [-0.05, 0) is 25.5 Å². The first-order chi connectivity index (χ1) is 14.2. The van der Waals surface area contributed by atoms with Crippen molar-refractivity contribution in [1.29, 1.82) is 0 Å². The van der Waals surface area contributed by atoms with Gasteiger partial charge in [0, 0.05) is 43.0 Å². The number of ether oxygens (including phenoxy) is 2. The monoisotopic (exact) mass is 394 g/mol. The zero-order valence-electron chi connectivity index (χ0n) is 16.8. The normalized spacial score (nSPS) is 24.0. The molecular formula is C22H26N4O3. The number of carbonyl (C=O) groups excluding carboxylic acids is 1. The molecule has 0 bridgehead atoms. The van der Waals surface area contributed by atoms with E-state index in [1.807, 2.05) is 42.2 Å². The quantitative estimate of drug-likeness (QED) is 0.776. The molecule has 1 aromatic carbocycles. The summed E-state index contributed by atoms with van der Waals surface area (Å²) >= 11 is 0. The third-order valence-corrected chi connectivity index (χ3v) is 6.28. The first kappa shape index (κ1) is 18.5. The van der Waals surface area contributed by atoms with E-state index in [4.69, 9.17) is 19.4 Å². The molecule has 2 fully saturated rings. The Morgan fingerprint density at radius 3 is 2.66 bits per heavy atom. The van der Waals surface area contributed by atoms with E-state index in [1.165, 1.54) is 0 Å². The number of aryl methyl sites for hydroxylation is 1. The maximum Gasteiger partial charge on any atom is 0.253 e. The molecule has 4 heterocycles. The van der Waals surface area contributed by atoms with Crippen molar-refractivity contribution in [2.24, 2.45) is 0 Å². The summed E-state index contributed by atoms with van der Waals surface area (Å²) in [7, 11) is 0. The third-order valence-electron chi connectivity index (χ3n) is 6.28. The molecule has 2 aromatic rings. The lowest BCUT2D eigenvalue weighted by molar-refractivity contribution is 0.0479. The number of hydrogen-bond donors (Lipinski definition) is 0. The summed E-state index contributed by atoms with van der Waals surface area (Å²) in [5.41, 5.74) is 3.60. The van der Waals surface area contributed by atoms with Crippen molar-refractivity contribution in [2.45, 2.75) is 25.4 Å². The van der Waals surface area contributed by atoms with Gasteiger partial charge in [-0.2, -0.15) is 0 Å². The highest BCUT2D eigenvalue weighted by Gasteiger charge is 2.47. The summed E-state index contributed by atoms with van der Waals surface area (Å²) in [5.74, 6) is 0.854. The van der Waals surface area contributed by atoms with Gasteiger partial charge in [-0.3, -0.25) is 4.79 Å². The number of carbonyl (C=O) groups is 1. The highest BCUT2D eigenvalue weighted by Crippen LogP contribution is 2.40. The Morgan fingerprint density at radius 2 is 1.86 bits per heavy atom. The Kier molecular flexibility index (Phi) is 4.72. The van der Waals surface area contributed by atoms with E-state index >= 15 is 0 Å². The van der Waals surface area contributed by atoms with Crippen molar-refractivity contribution in [3.63, 3.8) is 0 Å². The molecule has 0 saturated carbocycles. The van der Waals surface area contributed by atoms with Crippen LogP contribution in [-0.2, 0) is 21.5 Å². The second-order valence-electron chi connectivity index (χ2n) is 8.15. The second kappa shape index (κ2) is 7.39. The Hall–Kier alpha value is -2.51. The number of fused-ring (bicyclic) bond motifs is 2. The van der Waals surface area contributed by atoms with E-state index in [1.54, 1.807) is 0 Å². The first-order valence-electron chi connectivity index (χ1n) is 10.3. The van der Waals surface area contributed by atoms with Crippen LogP contribution < -0.4 is 4.90 Å². The molecule has 1 spiro atoms. The minimum Gasteiger partial charge on any atom is -0.378 e. The number of morpholine rings is 1. The van der Waals surface area contributed by atoms with E-state index in [2.05, 4.69) is 4.90 Å². The van der Waals surface area contributed by atoms with Gasteiger partial charge in [0.2, 0.25) is 5.95 Å². The number of aromatic nitrogens is 2. The summed E-state index contributed by atoms with van der Waals surface area (Å²) in [6, 6.07) is 9.50. The first-order valence-corrected chi connectivity index (χ1v) is 10.3. The SMILES string of the molecule is Cc1nc(N2CCOCC2)nc2c1COCC21CCN(C(=O)c2ccccc2)C1. The molecular weight excluding hydrogens is 368 g/mol. The number of benzene rings is 1. The van der Waals surface area contributed by atoms with Crippen LogP contribution in [0.1, 0.15) is 33.7 Å². The molecule has 0 N–H and O–H groups in total. The van der Waals surface area contributed by atoms with E-state index < -0.39 is 0 Å². The highest BCUT2D eigenvalue weighted by atomic mass is 16.5. The Labute approximate surface area is 170 Å². The number of anilines is 1. The number of nitrogens with zero attached hydrogens (tertiary/aromatic N) is 4. The standard InChI is InChI=1S/C22H26N4O3/c1-16-18-13-29-15-22(19(18)24-21(23-16)25-9-11-28-12-10-25)7-8-26(14-22)20(27)17-5-3-2-4-6-17/h2-6H,7-15H2,1H3. The highest BCUT2D eigenvalue weighted by molar-refractivity contribution is 5.94. The summed E-state index contributed by atoms with van der Waals surface area (Å²) in [6.45, 7) is 7.53. The second-order valence-corrected chi connectivity index (χ2v) is 8.15. The van der Waals surface area contributed by atoms with Gasteiger partial charge < -0.3 is 19.3 Å². The molecule has 0 aliphatic carbocycles. The van der Waals surface area contributed by atoms with Crippen LogP contribution in [0.25, 0.3) is 0 Å².